The van der Waals surface area contributed by atoms with Crippen molar-refractivity contribution < 1.29 is 19.1 Å². The Bertz CT molecular complexity index is 827. The third-order valence-electron chi connectivity index (χ3n) is 4.28. The van der Waals surface area contributed by atoms with E-state index >= 15 is 0 Å². The number of hydrogen-bond donors (Lipinski definition) is 0. The lowest BCUT2D eigenvalue weighted by Gasteiger charge is -2.13. The second-order valence-corrected chi connectivity index (χ2v) is 8.09. The lowest BCUT2D eigenvalue weighted by atomic mass is 10.1. The third kappa shape index (κ3) is 4.19. The molecule has 1 amide bonds. The van der Waals surface area contributed by atoms with Crippen LogP contribution in [0.1, 0.15) is 26.6 Å². The number of thioether (sulfide) groups is 1. The average Bonchev–Trinajstić information content (AvgIpc) is 3.32. The minimum absolute atomic E-state index is 0.0737. The van der Waals surface area contributed by atoms with Crippen molar-refractivity contribution in [3.8, 4) is 0 Å². The zero-order chi connectivity index (χ0) is 18.7. The largest absolute Gasteiger partial charge is 0.456 e. The van der Waals surface area contributed by atoms with Crippen LogP contribution in [0.2, 0.25) is 0 Å². The molecule has 2 aromatic heterocycles. The van der Waals surface area contributed by atoms with Crippen LogP contribution >= 0.6 is 23.1 Å². The first-order chi connectivity index (χ1) is 12.5. The summed E-state index contributed by atoms with van der Waals surface area (Å²) in [5.74, 6) is 0.0248. The van der Waals surface area contributed by atoms with Crippen LogP contribution in [0.5, 0.6) is 0 Å². The van der Waals surface area contributed by atoms with Gasteiger partial charge in [-0.05, 0) is 31.4 Å². The van der Waals surface area contributed by atoms with Crippen LogP contribution in [0.25, 0.3) is 0 Å². The number of hydrogen-bond acceptors (Lipinski definition) is 6. The second-order valence-electron chi connectivity index (χ2n) is 6.10. The fraction of sp³-hybridized carbons (Fsp3) is 0.389. The van der Waals surface area contributed by atoms with E-state index in [1.165, 1.54) is 21.5 Å². The van der Waals surface area contributed by atoms with E-state index in [1.807, 2.05) is 31.4 Å². The highest BCUT2D eigenvalue weighted by Gasteiger charge is 2.24. The van der Waals surface area contributed by atoms with Gasteiger partial charge in [0.1, 0.15) is 6.54 Å². The molecule has 0 bridgehead atoms. The Morgan fingerprint density at radius 1 is 1.31 bits per heavy atom. The van der Waals surface area contributed by atoms with Gasteiger partial charge in [0.25, 0.3) is 0 Å². The molecule has 2 aromatic rings. The van der Waals surface area contributed by atoms with Gasteiger partial charge in [0, 0.05) is 21.8 Å². The Balaban J connectivity index is 1.59. The predicted octanol–water partition coefficient (Wildman–Crippen LogP) is 2.47. The van der Waals surface area contributed by atoms with Crippen LogP contribution in [0.15, 0.2) is 23.6 Å². The zero-order valence-corrected chi connectivity index (χ0v) is 16.3. The summed E-state index contributed by atoms with van der Waals surface area (Å²) in [5.41, 5.74) is 2.42. The summed E-state index contributed by atoms with van der Waals surface area (Å²) in [6, 6.07) is 5.90. The summed E-state index contributed by atoms with van der Waals surface area (Å²) in [7, 11) is 0. The van der Waals surface area contributed by atoms with Crippen molar-refractivity contribution in [1.29, 1.82) is 0 Å². The molecule has 138 valence electrons. The molecule has 0 atom stereocenters. The van der Waals surface area contributed by atoms with Crippen LogP contribution in [-0.4, -0.2) is 51.9 Å². The number of carbonyl (C=O) groups excluding carboxylic acids is 3. The molecule has 8 heteroatoms. The van der Waals surface area contributed by atoms with E-state index in [4.69, 9.17) is 4.74 Å². The van der Waals surface area contributed by atoms with E-state index in [9.17, 15) is 14.4 Å². The first-order valence-corrected chi connectivity index (χ1v) is 10.2. The lowest BCUT2D eigenvalue weighted by Crippen LogP contribution is -2.33. The number of carbonyl (C=O) groups is 3. The molecule has 6 nitrogen and oxygen atoms in total. The van der Waals surface area contributed by atoms with E-state index in [-0.39, 0.29) is 24.8 Å². The van der Waals surface area contributed by atoms with Gasteiger partial charge in [-0.15, -0.1) is 23.1 Å². The standard InChI is InChI=1S/C18H20N2O4S2/c1-12-6-15(13(2)20(12)7-14-4-3-5-26-14)16(21)9-24-18(23)8-19-11-25-10-17(19)22/h3-6H,7-11H2,1-2H3. The summed E-state index contributed by atoms with van der Waals surface area (Å²) in [5, 5.41) is 2.03. The van der Waals surface area contributed by atoms with Gasteiger partial charge in [-0.1, -0.05) is 6.07 Å². The van der Waals surface area contributed by atoms with Crippen LogP contribution in [-0.2, 0) is 20.9 Å². The van der Waals surface area contributed by atoms with E-state index < -0.39 is 5.97 Å². The number of nitrogens with zero attached hydrogens (tertiary/aromatic N) is 2. The van der Waals surface area contributed by atoms with Crippen molar-refractivity contribution in [3.63, 3.8) is 0 Å². The fourth-order valence-electron chi connectivity index (χ4n) is 2.85. The van der Waals surface area contributed by atoms with E-state index in [0.717, 1.165) is 17.9 Å². The molecular weight excluding hydrogens is 372 g/mol. The molecule has 0 aliphatic carbocycles. The molecule has 3 heterocycles. The number of thiophene rings is 1. The van der Waals surface area contributed by atoms with Gasteiger partial charge in [-0.3, -0.25) is 14.4 Å². The summed E-state index contributed by atoms with van der Waals surface area (Å²) < 4.78 is 7.16. The predicted molar refractivity (Wildman–Crippen MR) is 102 cm³/mol. The highest BCUT2D eigenvalue weighted by Crippen LogP contribution is 2.20. The number of aryl methyl sites for hydroxylation is 1. The van der Waals surface area contributed by atoms with Crippen molar-refractivity contribution in [2.24, 2.45) is 0 Å². The normalized spacial score (nSPS) is 14.1. The van der Waals surface area contributed by atoms with E-state index in [0.29, 0.717) is 17.2 Å². The molecular formula is C18H20N2O4S2. The van der Waals surface area contributed by atoms with E-state index in [2.05, 4.69) is 10.6 Å². The molecule has 0 aromatic carbocycles. The average molecular weight is 393 g/mol. The first kappa shape index (κ1) is 18.7. The molecule has 3 rings (SSSR count). The van der Waals surface area contributed by atoms with Crippen LogP contribution in [0.4, 0.5) is 0 Å². The minimum Gasteiger partial charge on any atom is -0.456 e. The number of aromatic nitrogens is 1. The van der Waals surface area contributed by atoms with Crippen molar-refractivity contribution in [2.45, 2.75) is 20.4 Å². The zero-order valence-electron chi connectivity index (χ0n) is 14.7. The maximum atomic E-state index is 12.5. The summed E-state index contributed by atoms with van der Waals surface area (Å²) in [4.78, 5) is 38.5. The smallest absolute Gasteiger partial charge is 0.326 e. The molecule has 1 aliphatic rings. The summed E-state index contributed by atoms with van der Waals surface area (Å²) in [6.45, 7) is 4.17. The minimum atomic E-state index is -0.554. The maximum absolute atomic E-state index is 12.5. The van der Waals surface area contributed by atoms with Crippen molar-refractivity contribution in [2.75, 3.05) is 24.8 Å². The van der Waals surface area contributed by atoms with Gasteiger partial charge < -0.3 is 14.2 Å². The quantitative estimate of drug-likeness (QED) is 0.535. The van der Waals surface area contributed by atoms with Gasteiger partial charge in [-0.2, -0.15) is 0 Å². The Morgan fingerprint density at radius 3 is 2.77 bits per heavy atom. The molecule has 0 N–H and O–H groups in total. The summed E-state index contributed by atoms with van der Waals surface area (Å²) >= 11 is 3.13. The van der Waals surface area contributed by atoms with Gasteiger partial charge in [0.15, 0.2) is 6.61 Å². The number of Topliss-reactive ketones (excluding diaryl/α,β-unsaturated/α-hetero) is 1. The highest BCUT2D eigenvalue weighted by atomic mass is 32.2. The number of ether oxygens (including phenoxy) is 1. The van der Waals surface area contributed by atoms with Gasteiger partial charge in [0.05, 0.1) is 18.2 Å². The summed E-state index contributed by atoms with van der Waals surface area (Å²) in [6.07, 6.45) is 0. The lowest BCUT2D eigenvalue weighted by molar-refractivity contribution is -0.146. The molecule has 1 fully saturated rings. The molecule has 26 heavy (non-hydrogen) atoms. The van der Waals surface area contributed by atoms with Gasteiger partial charge in [-0.25, -0.2) is 0 Å². The van der Waals surface area contributed by atoms with Crippen LogP contribution in [0, 0.1) is 13.8 Å². The Kier molecular flexibility index (Phi) is 5.83. The molecule has 1 saturated heterocycles. The molecule has 1 aliphatic heterocycles. The fourth-order valence-corrected chi connectivity index (χ4v) is 4.45. The maximum Gasteiger partial charge on any atom is 0.326 e. The SMILES string of the molecule is Cc1cc(C(=O)COC(=O)CN2CSCC2=O)c(C)n1Cc1cccs1. The van der Waals surface area contributed by atoms with E-state index in [1.54, 1.807) is 11.3 Å². The first-order valence-electron chi connectivity index (χ1n) is 8.19. The second kappa shape index (κ2) is 8.09. The Labute approximate surface area is 160 Å². The number of amides is 1. The van der Waals surface area contributed by atoms with Crippen LogP contribution in [0.3, 0.4) is 0 Å². The Morgan fingerprint density at radius 2 is 2.12 bits per heavy atom. The van der Waals surface area contributed by atoms with Gasteiger partial charge >= 0.3 is 5.97 Å². The molecule has 0 saturated carbocycles. The monoisotopic (exact) mass is 392 g/mol. The topological polar surface area (TPSA) is 68.6 Å². The van der Waals surface area contributed by atoms with Crippen LogP contribution < -0.4 is 0 Å². The van der Waals surface area contributed by atoms with Crippen molar-refractivity contribution in [3.05, 3.63) is 45.4 Å². The Hall–Kier alpha value is -2.06. The number of ketones is 1. The van der Waals surface area contributed by atoms with Crippen molar-refractivity contribution in [1.82, 2.24) is 9.47 Å². The third-order valence-corrected chi connectivity index (χ3v) is 6.08. The number of esters is 1. The molecule has 0 spiro atoms. The molecule has 0 radical (unpaired) electrons. The molecule has 0 unspecified atom stereocenters. The van der Waals surface area contributed by atoms with Crippen molar-refractivity contribution >= 4 is 40.8 Å². The highest BCUT2D eigenvalue weighted by molar-refractivity contribution is 8.00. The number of rotatable bonds is 7. The van der Waals surface area contributed by atoms with Gasteiger partial charge in [0.2, 0.25) is 11.7 Å².